The highest BCUT2D eigenvalue weighted by Crippen LogP contribution is 2.26. The first kappa shape index (κ1) is 20.7. The Bertz CT molecular complexity index is 765. The molecule has 1 aliphatic heterocycles. The normalized spacial score (nSPS) is 19.2. The lowest BCUT2D eigenvalue weighted by Gasteiger charge is -2.08. The van der Waals surface area contributed by atoms with Crippen LogP contribution < -0.4 is 10.6 Å². The maximum absolute atomic E-state index is 12.2. The van der Waals surface area contributed by atoms with E-state index in [1.165, 1.54) is 11.8 Å². The maximum Gasteiger partial charge on any atom is 0.240 e. The first-order valence-corrected chi connectivity index (χ1v) is 9.71. The SMILES string of the molecule is C/C(CC(C)C)=N/N=C1\NC(=O)C(CC(=O)Nc2ccc(Cl)c(Cl)c2)S1. The van der Waals surface area contributed by atoms with Crippen molar-refractivity contribution in [3.63, 3.8) is 0 Å². The Morgan fingerprint density at radius 1 is 1.35 bits per heavy atom. The number of amidine groups is 1. The average Bonchev–Trinajstić information content (AvgIpc) is 2.88. The van der Waals surface area contributed by atoms with Gasteiger partial charge in [-0.05, 0) is 37.5 Å². The molecular formula is C17H20Cl2N4O2S. The summed E-state index contributed by atoms with van der Waals surface area (Å²) in [6.45, 7) is 6.09. The average molecular weight is 415 g/mol. The zero-order valence-electron chi connectivity index (χ0n) is 14.7. The van der Waals surface area contributed by atoms with Crippen LogP contribution in [0.15, 0.2) is 28.4 Å². The third-order valence-corrected chi connectivity index (χ3v) is 5.18. The van der Waals surface area contributed by atoms with Gasteiger partial charge in [-0.3, -0.25) is 9.59 Å². The molecule has 0 aromatic heterocycles. The Balaban J connectivity index is 1.92. The van der Waals surface area contributed by atoms with Crippen molar-refractivity contribution in [1.82, 2.24) is 5.32 Å². The van der Waals surface area contributed by atoms with Gasteiger partial charge < -0.3 is 10.6 Å². The molecule has 1 aromatic rings. The molecule has 1 fully saturated rings. The van der Waals surface area contributed by atoms with Crippen molar-refractivity contribution in [2.24, 2.45) is 16.1 Å². The molecule has 0 bridgehead atoms. The van der Waals surface area contributed by atoms with Crippen molar-refractivity contribution in [3.8, 4) is 0 Å². The molecule has 1 heterocycles. The van der Waals surface area contributed by atoms with Crippen molar-refractivity contribution in [3.05, 3.63) is 28.2 Å². The highest BCUT2D eigenvalue weighted by Gasteiger charge is 2.32. The van der Waals surface area contributed by atoms with E-state index in [0.29, 0.717) is 26.8 Å². The van der Waals surface area contributed by atoms with Crippen LogP contribution in [-0.2, 0) is 9.59 Å². The first-order valence-electron chi connectivity index (χ1n) is 8.08. The molecular weight excluding hydrogens is 395 g/mol. The van der Waals surface area contributed by atoms with Gasteiger partial charge in [-0.2, -0.15) is 5.10 Å². The predicted octanol–water partition coefficient (Wildman–Crippen LogP) is 4.33. The summed E-state index contributed by atoms with van der Waals surface area (Å²) in [5, 5.41) is 14.1. The number of carbonyl (C=O) groups is 2. The molecule has 2 amide bonds. The van der Waals surface area contributed by atoms with E-state index in [0.717, 1.165) is 12.1 Å². The standard InChI is InChI=1S/C17H20Cl2N4O2S/c1-9(2)6-10(3)22-23-17-21-16(25)14(26-17)8-15(24)20-11-4-5-12(18)13(19)7-11/h4-5,7,9,14H,6,8H2,1-3H3,(H,20,24)(H,21,23,25)/b22-10-. The van der Waals surface area contributed by atoms with Gasteiger partial charge in [-0.15, -0.1) is 5.10 Å². The number of nitrogens with zero attached hydrogens (tertiary/aromatic N) is 2. The first-order chi connectivity index (χ1) is 12.2. The maximum atomic E-state index is 12.2. The molecule has 2 rings (SSSR count). The Labute approximate surface area is 166 Å². The van der Waals surface area contributed by atoms with E-state index < -0.39 is 5.25 Å². The van der Waals surface area contributed by atoms with Gasteiger partial charge in [0, 0.05) is 17.8 Å². The highest BCUT2D eigenvalue weighted by atomic mass is 35.5. The van der Waals surface area contributed by atoms with Gasteiger partial charge in [0.2, 0.25) is 11.8 Å². The predicted molar refractivity (Wildman–Crippen MR) is 109 cm³/mol. The number of amides is 2. The molecule has 1 atom stereocenters. The van der Waals surface area contributed by atoms with E-state index >= 15 is 0 Å². The van der Waals surface area contributed by atoms with Gasteiger partial charge in [0.25, 0.3) is 0 Å². The Morgan fingerprint density at radius 2 is 2.08 bits per heavy atom. The van der Waals surface area contributed by atoms with E-state index in [9.17, 15) is 9.59 Å². The summed E-state index contributed by atoms with van der Waals surface area (Å²) in [6.07, 6.45) is 0.856. The highest BCUT2D eigenvalue weighted by molar-refractivity contribution is 8.15. The van der Waals surface area contributed by atoms with Crippen LogP contribution in [0.2, 0.25) is 10.0 Å². The van der Waals surface area contributed by atoms with E-state index in [4.69, 9.17) is 23.2 Å². The Morgan fingerprint density at radius 3 is 2.73 bits per heavy atom. The minimum Gasteiger partial charge on any atom is -0.326 e. The summed E-state index contributed by atoms with van der Waals surface area (Å²) in [5.41, 5.74) is 1.42. The smallest absolute Gasteiger partial charge is 0.240 e. The molecule has 1 aromatic carbocycles. The van der Waals surface area contributed by atoms with Crippen molar-refractivity contribution in [2.45, 2.75) is 38.9 Å². The Hall–Kier alpha value is -1.57. The lowest BCUT2D eigenvalue weighted by molar-refractivity contribution is -0.122. The van der Waals surface area contributed by atoms with Gasteiger partial charge in [-0.25, -0.2) is 0 Å². The van der Waals surface area contributed by atoms with Crippen molar-refractivity contribution in [1.29, 1.82) is 0 Å². The number of hydrogen-bond donors (Lipinski definition) is 2. The fourth-order valence-corrected chi connectivity index (χ4v) is 3.52. The molecule has 0 spiro atoms. The van der Waals surface area contributed by atoms with Gasteiger partial charge in [-0.1, -0.05) is 48.8 Å². The number of nitrogens with one attached hydrogen (secondary N) is 2. The quantitative estimate of drug-likeness (QED) is 0.536. The van der Waals surface area contributed by atoms with Crippen LogP contribution in [0.3, 0.4) is 0 Å². The van der Waals surface area contributed by atoms with Crippen LogP contribution >= 0.6 is 35.0 Å². The lowest BCUT2D eigenvalue weighted by atomic mass is 10.1. The number of rotatable bonds is 6. The summed E-state index contributed by atoms with van der Waals surface area (Å²) in [7, 11) is 0. The van der Waals surface area contributed by atoms with E-state index in [1.807, 2.05) is 6.92 Å². The summed E-state index contributed by atoms with van der Waals surface area (Å²) in [4.78, 5) is 24.2. The molecule has 1 saturated heterocycles. The van der Waals surface area contributed by atoms with Gasteiger partial charge in [0.1, 0.15) is 5.25 Å². The van der Waals surface area contributed by atoms with Crippen molar-refractivity contribution >= 4 is 63.3 Å². The fourth-order valence-electron chi connectivity index (χ4n) is 2.30. The summed E-state index contributed by atoms with van der Waals surface area (Å²) in [6, 6.07) is 4.80. The zero-order chi connectivity index (χ0) is 19.3. The van der Waals surface area contributed by atoms with E-state index in [1.54, 1.807) is 18.2 Å². The third kappa shape index (κ3) is 6.30. The minimum atomic E-state index is -0.544. The van der Waals surface area contributed by atoms with Crippen LogP contribution in [0.25, 0.3) is 0 Å². The van der Waals surface area contributed by atoms with Crippen LogP contribution in [0.4, 0.5) is 5.69 Å². The van der Waals surface area contributed by atoms with Crippen LogP contribution in [0.1, 0.15) is 33.6 Å². The van der Waals surface area contributed by atoms with Crippen LogP contribution in [0.5, 0.6) is 0 Å². The van der Waals surface area contributed by atoms with E-state index in [-0.39, 0.29) is 18.2 Å². The molecule has 2 N–H and O–H groups in total. The second kappa shape index (κ2) is 9.39. The molecule has 1 aliphatic rings. The number of benzene rings is 1. The lowest BCUT2D eigenvalue weighted by Crippen LogP contribution is -2.28. The van der Waals surface area contributed by atoms with Gasteiger partial charge in [0.15, 0.2) is 5.17 Å². The third-order valence-electron chi connectivity index (χ3n) is 3.37. The second-order valence-electron chi connectivity index (χ2n) is 6.32. The molecule has 0 saturated carbocycles. The number of carbonyl (C=O) groups excluding carboxylic acids is 2. The van der Waals surface area contributed by atoms with Crippen molar-refractivity contribution < 1.29 is 9.59 Å². The summed E-state index contributed by atoms with van der Waals surface area (Å²) >= 11 is 13.0. The molecule has 1 unspecified atom stereocenters. The summed E-state index contributed by atoms with van der Waals surface area (Å²) in [5.74, 6) is -0.0610. The number of halogens is 2. The monoisotopic (exact) mass is 414 g/mol. The molecule has 140 valence electrons. The zero-order valence-corrected chi connectivity index (χ0v) is 17.0. The molecule has 0 aliphatic carbocycles. The van der Waals surface area contributed by atoms with Crippen LogP contribution in [-0.4, -0.2) is 27.9 Å². The number of thioether (sulfide) groups is 1. The number of hydrogen-bond acceptors (Lipinski definition) is 5. The number of anilines is 1. The van der Waals surface area contributed by atoms with Crippen LogP contribution in [0, 0.1) is 5.92 Å². The minimum absolute atomic E-state index is 0.0183. The topological polar surface area (TPSA) is 82.9 Å². The summed E-state index contributed by atoms with van der Waals surface area (Å²) < 4.78 is 0. The molecule has 9 heteroatoms. The van der Waals surface area contributed by atoms with E-state index in [2.05, 4.69) is 34.7 Å². The fraction of sp³-hybridized carbons (Fsp3) is 0.412. The molecule has 0 radical (unpaired) electrons. The largest absolute Gasteiger partial charge is 0.326 e. The van der Waals surface area contributed by atoms with Crippen molar-refractivity contribution in [2.75, 3.05) is 5.32 Å². The Kier molecular flexibility index (Phi) is 7.49. The van der Waals surface area contributed by atoms with Gasteiger partial charge >= 0.3 is 0 Å². The second-order valence-corrected chi connectivity index (χ2v) is 8.32. The molecule has 26 heavy (non-hydrogen) atoms. The molecule has 6 nitrogen and oxygen atoms in total. The van der Waals surface area contributed by atoms with Gasteiger partial charge in [0.05, 0.1) is 10.0 Å².